The molecule has 8 heteroatoms. The van der Waals surface area contributed by atoms with Gasteiger partial charge in [-0.15, -0.1) is 0 Å². The minimum Gasteiger partial charge on any atom is -0.490 e. The van der Waals surface area contributed by atoms with E-state index >= 15 is 0 Å². The van der Waals surface area contributed by atoms with Crippen LogP contribution in [0.5, 0.6) is 11.5 Å². The predicted molar refractivity (Wildman–Crippen MR) is 93.6 cm³/mol. The molecule has 0 spiro atoms. The molecule has 1 amide bonds. The molecule has 1 saturated heterocycles. The molecule has 0 saturated carbocycles. The van der Waals surface area contributed by atoms with Crippen LogP contribution in [0.2, 0.25) is 0 Å². The van der Waals surface area contributed by atoms with Crippen molar-refractivity contribution in [3.8, 4) is 11.5 Å². The third kappa shape index (κ3) is 4.24. The maximum Gasteiger partial charge on any atom is 0.251 e. The average molecular weight is 368 g/mol. The number of ether oxygens (including phenoxy) is 2. The Morgan fingerprint density at radius 2 is 1.88 bits per heavy atom. The first-order chi connectivity index (χ1) is 12.0. The highest BCUT2D eigenvalue weighted by Crippen LogP contribution is 2.30. The van der Waals surface area contributed by atoms with E-state index in [2.05, 4.69) is 5.32 Å². The molecule has 0 bridgehead atoms. The van der Waals surface area contributed by atoms with Gasteiger partial charge in [0.2, 0.25) is 10.0 Å². The minimum absolute atomic E-state index is 0.0215. The molecule has 1 fully saturated rings. The number of hydrogen-bond acceptors (Lipinski definition) is 5. The zero-order valence-electron chi connectivity index (χ0n) is 14.4. The van der Waals surface area contributed by atoms with Gasteiger partial charge >= 0.3 is 0 Å². The first kappa shape index (κ1) is 18.0. The minimum atomic E-state index is -3.15. The van der Waals surface area contributed by atoms with Crippen molar-refractivity contribution in [2.24, 2.45) is 0 Å². The Morgan fingerprint density at radius 3 is 2.56 bits per heavy atom. The Labute approximate surface area is 148 Å². The van der Waals surface area contributed by atoms with Gasteiger partial charge in [0.15, 0.2) is 11.5 Å². The summed E-state index contributed by atoms with van der Waals surface area (Å²) < 4.78 is 36.5. The summed E-state index contributed by atoms with van der Waals surface area (Å²) >= 11 is 0. The summed E-state index contributed by atoms with van der Waals surface area (Å²) in [5.74, 6) is 1.19. The SMILES string of the molecule is CCS(=O)(=O)N1CCC(NC(=O)c2ccc3c(c2)OCCCO3)CC1. The fourth-order valence-electron chi connectivity index (χ4n) is 3.03. The normalized spacial score (nSPS) is 19.2. The van der Waals surface area contributed by atoms with Crippen LogP contribution < -0.4 is 14.8 Å². The molecule has 1 aromatic rings. The van der Waals surface area contributed by atoms with Gasteiger partial charge in [0, 0.05) is 31.1 Å². The van der Waals surface area contributed by atoms with Crippen LogP contribution in [0.4, 0.5) is 0 Å². The highest BCUT2D eigenvalue weighted by molar-refractivity contribution is 7.89. The van der Waals surface area contributed by atoms with Crippen molar-refractivity contribution in [3.05, 3.63) is 23.8 Å². The van der Waals surface area contributed by atoms with Crippen LogP contribution in [-0.2, 0) is 10.0 Å². The number of piperidine rings is 1. The van der Waals surface area contributed by atoms with E-state index in [0.717, 1.165) is 6.42 Å². The van der Waals surface area contributed by atoms with Crippen molar-refractivity contribution in [1.29, 1.82) is 0 Å². The van der Waals surface area contributed by atoms with Crippen molar-refractivity contribution < 1.29 is 22.7 Å². The third-order valence-electron chi connectivity index (χ3n) is 4.56. The van der Waals surface area contributed by atoms with Crippen molar-refractivity contribution in [3.63, 3.8) is 0 Å². The summed E-state index contributed by atoms with van der Waals surface area (Å²) in [5.41, 5.74) is 0.521. The second kappa shape index (κ2) is 7.61. The molecule has 1 N–H and O–H groups in total. The van der Waals surface area contributed by atoms with E-state index in [9.17, 15) is 13.2 Å². The largest absolute Gasteiger partial charge is 0.490 e. The highest BCUT2D eigenvalue weighted by Gasteiger charge is 2.27. The lowest BCUT2D eigenvalue weighted by Gasteiger charge is -2.31. The van der Waals surface area contributed by atoms with E-state index in [1.54, 1.807) is 25.1 Å². The Balaban J connectivity index is 1.59. The first-order valence-electron chi connectivity index (χ1n) is 8.68. The zero-order chi connectivity index (χ0) is 17.9. The number of amides is 1. The molecule has 2 heterocycles. The number of benzene rings is 1. The lowest BCUT2D eigenvalue weighted by atomic mass is 10.1. The molecule has 0 atom stereocenters. The maximum absolute atomic E-state index is 12.5. The van der Waals surface area contributed by atoms with Crippen LogP contribution >= 0.6 is 0 Å². The molecular weight excluding hydrogens is 344 g/mol. The van der Waals surface area contributed by atoms with Gasteiger partial charge in [0.05, 0.1) is 19.0 Å². The molecule has 2 aliphatic heterocycles. The van der Waals surface area contributed by atoms with Gasteiger partial charge in [0.1, 0.15) is 0 Å². The van der Waals surface area contributed by atoms with Gasteiger partial charge in [-0.05, 0) is 38.0 Å². The van der Waals surface area contributed by atoms with Crippen LogP contribution in [0.1, 0.15) is 36.5 Å². The molecule has 2 aliphatic rings. The summed E-state index contributed by atoms with van der Waals surface area (Å²) in [6, 6.07) is 5.16. The number of nitrogens with zero attached hydrogens (tertiary/aromatic N) is 1. The van der Waals surface area contributed by atoms with E-state index in [0.29, 0.717) is 56.2 Å². The second-order valence-electron chi connectivity index (χ2n) is 6.26. The van der Waals surface area contributed by atoms with Gasteiger partial charge in [0.25, 0.3) is 5.91 Å². The molecular formula is C17H24N2O5S. The van der Waals surface area contributed by atoms with Gasteiger partial charge < -0.3 is 14.8 Å². The number of hydrogen-bond donors (Lipinski definition) is 1. The average Bonchev–Trinajstić information content (AvgIpc) is 2.86. The fraction of sp³-hybridized carbons (Fsp3) is 0.588. The van der Waals surface area contributed by atoms with Gasteiger partial charge in [-0.3, -0.25) is 4.79 Å². The molecule has 0 aliphatic carbocycles. The second-order valence-corrected chi connectivity index (χ2v) is 8.52. The highest BCUT2D eigenvalue weighted by atomic mass is 32.2. The van der Waals surface area contributed by atoms with E-state index < -0.39 is 10.0 Å². The molecule has 0 radical (unpaired) electrons. The van der Waals surface area contributed by atoms with Crippen LogP contribution in [0.15, 0.2) is 18.2 Å². The van der Waals surface area contributed by atoms with Crippen molar-refractivity contribution in [2.45, 2.75) is 32.2 Å². The van der Waals surface area contributed by atoms with E-state index in [1.807, 2.05) is 0 Å². The Kier molecular flexibility index (Phi) is 5.48. The Bertz CT molecular complexity index is 727. The molecule has 7 nitrogen and oxygen atoms in total. The maximum atomic E-state index is 12.5. The molecule has 0 unspecified atom stereocenters. The Hall–Kier alpha value is -1.80. The third-order valence-corrected chi connectivity index (χ3v) is 6.44. The van der Waals surface area contributed by atoms with Crippen molar-refractivity contribution in [2.75, 3.05) is 32.1 Å². The standard InChI is InChI=1S/C17H24N2O5S/c1-2-25(21,22)19-8-6-14(7-9-19)18-17(20)13-4-5-15-16(12-13)24-11-3-10-23-15/h4-5,12,14H,2-3,6-11H2,1H3,(H,18,20). The zero-order valence-corrected chi connectivity index (χ0v) is 15.2. The van der Waals surface area contributed by atoms with Gasteiger partial charge in [-0.1, -0.05) is 0 Å². The molecule has 25 heavy (non-hydrogen) atoms. The van der Waals surface area contributed by atoms with Crippen molar-refractivity contribution >= 4 is 15.9 Å². The lowest BCUT2D eigenvalue weighted by Crippen LogP contribution is -2.46. The van der Waals surface area contributed by atoms with Crippen LogP contribution in [0.3, 0.4) is 0 Å². The topological polar surface area (TPSA) is 84.9 Å². The number of sulfonamides is 1. The number of nitrogens with one attached hydrogen (secondary N) is 1. The van der Waals surface area contributed by atoms with Gasteiger partial charge in [-0.25, -0.2) is 12.7 Å². The van der Waals surface area contributed by atoms with Crippen LogP contribution in [0, 0.1) is 0 Å². The smallest absolute Gasteiger partial charge is 0.251 e. The predicted octanol–water partition coefficient (Wildman–Crippen LogP) is 1.39. The van der Waals surface area contributed by atoms with E-state index in [-0.39, 0.29) is 17.7 Å². The first-order valence-corrected chi connectivity index (χ1v) is 10.3. The fourth-order valence-corrected chi connectivity index (χ4v) is 4.17. The summed E-state index contributed by atoms with van der Waals surface area (Å²) in [6.07, 6.45) is 2.06. The molecule has 0 aromatic heterocycles. The number of carbonyl (C=O) groups excluding carboxylic acids is 1. The van der Waals surface area contributed by atoms with Gasteiger partial charge in [-0.2, -0.15) is 0 Å². The van der Waals surface area contributed by atoms with Crippen LogP contribution in [0.25, 0.3) is 0 Å². The molecule has 3 rings (SSSR count). The molecule has 1 aromatic carbocycles. The summed E-state index contributed by atoms with van der Waals surface area (Å²) in [4.78, 5) is 12.5. The summed E-state index contributed by atoms with van der Waals surface area (Å²) in [7, 11) is -3.15. The summed E-state index contributed by atoms with van der Waals surface area (Å²) in [5, 5.41) is 2.99. The Morgan fingerprint density at radius 1 is 1.20 bits per heavy atom. The number of carbonyl (C=O) groups is 1. The molecule has 138 valence electrons. The monoisotopic (exact) mass is 368 g/mol. The number of rotatable bonds is 4. The quantitative estimate of drug-likeness (QED) is 0.868. The van der Waals surface area contributed by atoms with Crippen LogP contribution in [-0.4, -0.2) is 56.7 Å². The summed E-state index contributed by atoms with van der Waals surface area (Å²) in [6.45, 7) is 3.72. The van der Waals surface area contributed by atoms with E-state index in [4.69, 9.17) is 9.47 Å². The number of fused-ring (bicyclic) bond motifs is 1. The lowest BCUT2D eigenvalue weighted by molar-refractivity contribution is 0.0923. The van der Waals surface area contributed by atoms with Crippen molar-refractivity contribution in [1.82, 2.24) is 9.62 Å². The van der Waals surface area contributed by atoms with E-state index in [1.165, 1.54) is 4.31 Å².